The number of hydrogen-bond donors (Lipinski definition) is 1. The number of piperazine rings is 1. The number of amides is 1. The van der Waals surface area contributed by atoms with Crippen molar-refractivity contribution in [3.8, 4) is 0 Å². The van der Waals surface area contributed by atoms with E-state index in [1.807, 2.05) is 0 Å². The molecule has 4 nitrogen and oxygen atoms in total. The first-order chi connectivity index (χ1) is 10.0. The summed E-state index contributed by atoms with van der Waals surface area (Å²) in [5.41, 5.74) is 0.429. The van der Waals surface area contributed by atoms with Crippen molar-refractivity contribution in [1.29, 1.82) is 0 Å². The molecule has 0 unspecified atom stereocenters. The van der Waals surface area contributed by atoms with Crippen molar-refractivity contribution >= 4 is 5.91 Å². The summed E-state index contributed by atoms with van der Waals surface area (Å²) in [4.78, 5) is 16.9. The Morgan fingerprint density at radius 1 is 1.24 bits per heavy atom. The number of carbonyl (C=O) groups is 1. The molecule has 1 amide bonds. The molecule has 0 aromatic rings. The van der Waals surface area contributed by atoms with Crippen LogP contribution in [0.4, 0.5) is 0 Å². The molecule has 2 aliphatic rings. The summed E-state index contributed by atoms with van der Waals surface area (Å²) in [5, 5.41) is 3.18. The molecule has 0 bridgehead atoms. The molecule has 1 saturated carbocycles. The van der Waals surface area contributed by atoms with Crippen LogP contribution in [-0.2, 0) is 4.79 Å². The molecule has 1 saturated heterocycles. The van der Waals surface area contributed by atoms with Crippen molar-refractivity contribution in [3.63, 3.8) is 0 Å². The monoisotopic (exact) mass is 295 g/mol. The molecule has 2 rings (SSSR count). The molecule has 2 fully saturated rings. The van der Waals surface area contributed by atoms with E-state index in [0.29, 0.717) is 17.9 Å². The second-order valence-corrected chi connectivity index (χ2v) is 7.21. The lowest BCUT2D eigenvalue weighted by atomic mass is 9.67. The van der Waals surface area contributed by atoms with Gasteiger partial charge in [-0.15, -0.1) is 0 Å². The van der Waals surface area contributed by atoms with Gasteiger partial charge in [0.2, 0.25) is 5.91 Å². The van der Waals surface area contributed by atoms with Crippen LogP contribution in [0, 0.1) is 5.41 Å². The van der Waals surface area contributed by atoms with Crippen LogP contribution < -0.4 is 5.32 Å². The number of hydrogen-bond acceptors (Lipinski definition) is 3. The maximum Gasteiger partial charge on any atom is 0.220 e. The van der Waals surface area contributed by atoms with E-state index >= 15 is 0 Å². The van der Waals surface area contributed by atoms with Crippen LogP contribution in [0.3, 0.4) is 0 Å². The molecule has 1 N–H and O–H groups in total. The van der Waals surface area contributed by atoms with Gasteiger partial charge in [0.1, 0.15) is 0 Å². The Labute approximate surface area is 130 Å². The third-order valence-corrected chi connectivity index (χ3v) is 5.78. The molecule has 0 spiro atoms. The first kappa shape index (κ1) is 16.8. The van der Waals surface area contributed by atoms with Gasteiger partial charge >= 0.3 is 0 Å². The second kappa shape index (κ2) is 7.59. The highest BCUT2D eigenvalue weighted by atomic mass is 16.1. The van der Waals surface area contributed by atoms with Gasteiger partial charge in [0.05, 0.1) is 0 Å². The van der Waals surface area contributed by atoms with Gasteiger partial charge in [0.15, 0.2) is 0 Å². The summed E-state index contributed by atoms with van der Waals surface area (Å²) in [7, 11) is 2.18. The number of nitrogens with zero attached hydrogens (tertiary/aromatic N) is 2. The van der Waals surface area contributed by atoms with E-state index in [1.165, 1.54) is 25.7 Å². The lowest BCUT2D eigenvalue weighted by molar-refractivity contribution is -0.122. The molecular weight excluding hydrogens is 262 g/mol. The zero-order chi connectivity index (χ0) is 15.3. The maximum atomic E-state index is 12.0. The molecule has 0 aromatic heterocycles. The van der Waals surface area contributed by atoms with Crippen LogP contribution in [0.25, 0.3) is 0 Å². The fraction of sp³-hybridized carbons (Fsp3) is 0.941. The summed E-state index contributed by atoms with van der Waals surface area (Å²) in [6.07, 6.45) is 6.78. The number of rotatable bonds is 7. The van der Waals surface area contributed by atoms with Crippen LogP contribution >= 0.6 is 0 Å². The van der Waals surface area contributed by atoms with Gasteiger partial charge in [-0.1, -0.05) is 13.3 Å². The molecule has 1 heterocycles. The molecule has 1 aliphatic heterocycles. The highest BCUT2D eigenvalue weighted by molar-refractivity contribution is 5.75. The Hall–Kier alpha value is -0.610. The predicted molar refractivity (Wildman–Crippen MR) is 87.4 cm³/mol. The van der Waals surface area contributed by atoms with Crippen LogP contribution in [-0.4, -0.2) is 61.5 Å². The Morgan fingerprint density at radius 3 is 2.43 bits per heavy atom. The Kier molecular flexibility index (Phi) is 6.06. The minimum absolute atomic E-state index is 0.246. The quantitative estimate of drug-likeness (QED) is 0.781. The molecule has 1 aliphatic carbocycles. The van der Waals surface area contributed by atoms with Crippen molar-refractivity contribution in [2.45, 2.75) is 58.4 Å². The van der Waals surface area contributed by atoms with Gasteiger partial charge in [-0.25, -0.2) is 0 Å². The Morgan fingerprint density at radius 2 is 1.90 bits per heavy atom. The first-order valence-corrected chi connectivity index (χ1v) is 8.74. The van der Waals surface area contributed by atoms with Gasteiger partial charge in [0.25, 0.3) is 0 Å². The fourth-order valence-electron chi connectivity index (χ4n) is 3.49. The van der Waals surface area contributed by atoms with Gasteiger partial charge in [0, 0.05) is 45.2 Å². The average molecular weight is 295 g/mol. The van der Waals surface area contributed by atoms with Crippen LogP contribution in [0.5, 0.6) is 0 Å². The van der Waals surface area contributed by atoms with Crippen molar-refractivity contribution in [3.05, 3.63) is 0 Å². The molecule has 21 heavy (non-hydrogen) atoms. The maximum absolute atomic E-state index is 12.0. The summed E-state index contributed by atoms with van der Waals surface area (Å²) < 4.78 is 0. The summed E-state index contributed by atoms with van der Waals surface area (Å²) in [6.45, 7) is 9.98. The molecule has 0 radical (unpaired) electrons. The topological polar surface area (TPSA) is 35.6 Å². The van der Waals surface area contributed by atoms with Crippen LogP contribution in [0.2, 0.25) is 0 Å². The van der Waals surface area contributed by atoms with E-state index in [4.69, 9.17) is 0 Å². The number of likely N-dealkylation sites (N-methyl/N-ethyl adjacent to an activating group) is 1. The lowest BCUT2D eigenvalue weighted by Gasteiger charge is -2.41. The third-order valence-electron chi connectivity index (χ3n) is 5.78. The van der Waals surface area contributed by atoms with Gasteiger partial charge in [-0.3, -0.25) is 9.69 Å². The summed E-state index contributed by atoms with van der Waals surface area (Å²) in [5.74, 6) is 0.246. The number of carbonyl (C=O) groups excluding carboxylic acids is 1. The molecule has 4 heteroatoms. The normalized spacial score (nSPS) is 24.3. The highest BCUT2D eigenvalue weighted by Gasteiger charge is 2.35. The van der Waals surface area contributed by atoms with Crippen molar-refractivity contribution in [2.24, 2.45) is 5.41 Å². The average Bonchev–Trinajstić information content (AvgIpc) is 2.45. The predicted octanol–water partition coefficient (Wildman–Crippen LogP) is 2.10. The molecule has 1 atom stereocenters. The highest BCUT2D eigenvalue weighted by Crippen LogP contribution is 2.43. The third kappa shape index (κ3) is 4.68. The van der Waals surface area contributed by atoms with Gasteiger partial charge in [-0.05, 0) is 45.1 Å². The van der Waals surface area contributed by atoms with E-state index < -0.39 is 0 Å². The van der Waals surface area contributed by atoms with E-state index in [-0.39, 0.29) is 5.91 Å². The second-order valence-electron chi connectivity index (χ2n) is 7.21. The van der Waals surface area contributed by atoms with Crippen molar-refractivity contribution in [1.82, 2.24) is 15.1 Å². The lowest BCUT2D eigenvalue weighted by Crippen LogP contribution is -2.48. The SMILES string of the molecule is CCC1(CNC(=O)CC[C@H](C)N2CCN(C)CC2)CCC1. The standard InChI is InChI=1S/C17H33N3O/c1-4-17(8-5-9-17)14-18-16(21)7-6-15(2)20-12-10-19(3)11-13-20/h15H,4-14H2,1-3H3,(H,18,21)/t15-/m0/s1. The first-order valence-electron chi connectivity index (χ1n) is 8.74. The fourth-order valence-corrected chi connectivity index (χ4v) is 3.49. The Bertz CT molecular complexity index is 327. The van der Waals surface area contributed by atoms with Gasteiger partial charge < -0.3 is 10.2 Å². The zero-order valence-corrected chi connectivity index (χ0v) is 14.2. The van der Waals surface area contributed by atoms with Crippen LogP contribution in [0.15, 0.2) is 0 Å². The van der Waals surface area contributed by atoms with Gasteiger partial charge in [-0.2, -0.15) is 0 Å². The molecule has 122 valence electrons. The van der Waals surface area contributed by atoms with Crippen molar-refractivity contribution in [2.75, 3.05) is 39.8 Å². The van der Waals surface area contributed by atoms with E-state index in [9.17, 15) is 4.79 Å². The molecular formula is C17H33N3O. The van der Waals surface area contributed by atoms with Crippen LogP contribution in [0.1, 0.15) is 52.4 Å². The largest absolute Gasteiger partial charge is 0.356 e. The minimum Gasteiger partial charge on any atom is -0.356 e. The summed E-state index contributed by atoms with van der Waals surface area (Å²) >= 11 is 0. The Balaban J connectivity index is 1.62. The van der Waals surface area contributed by atoms with E-state index in [0.717, 1.165) is 39.1 Å². The summed E-state index contributed by atoms with van der Waals surface area (Å²) in [6, 6.07) is 0.522. The number of nitrogens with one attached hydrogen (secondary N) is 1. The smallest absolute Gasteiger partial charge is 0.220 e. The zero-order valence-electron chi connectivity index (χ0n) is 14.2. The minimum atomic E-state index is 0.246. The van der Waals surface area contributed by atoms with E-state index in [1.54, 1.807) is 0 Å². The van der Waals surface area contributed by atoms with E-state index in [2.05, 4.69) is 36.0 Å². The molecule has 0 aromatic carbocycles. The van der Waals surface area contributed by atoms with Crippen molar-refractivity contribution < 1.29 is 4.79 Å².